The summed E-state index contributed by atoms with van der Waals surface area (Å²) in [5, 5.41) is 5.93. The molecule has 0 saturated heterocycles. The molecule has 2 atom stereocenters. The van der Waals surface area contributed by atoms with E-state index in [4.69, 9.17) is 9.47 Å². The Labute approximate surface area is 174 Å². The van der Waals surface area contributed by atoms with Crippen LogP contribution >= 0.6 is 0 Å². The minimum Gasteiger partial charge on any atom is -0.462 e. The molecule has 0 aromatic rings. The third kappa shape index (κ3) is 19.6. The molecular formula is C22H48N2O4. The van der Waals surface area contributed by atoms with Crippen molar-refractivity contribution in [1.29, 1.82) is 0 Å². The SMILES string of the molecule is CC.CNC(CC(C)C)C(=O)OC(C)C.CN[C@H](CC(C)C)C(=O)OC(C)C. The van der Waals surface area contributed by atoms with Crippen molar-refractivity contribution in [3.05, 3.63) is 0 Å². The Morgan fingerprint density at radius 2 is 0.893 bits per heavy atom. The van der Waals surface area contributed by atoms with E-state index in [0.29, 0.717) is 11.8 Å². The highest BCUT2D eigenvalue weighted by Crippen LogP contribution is 2.07. The quantitative estimate of drug-likeness (QED) is 0.532. The van der Waals surface area contributed by atoms with Crippen LogP contribution in [0.3, 0.4) is 0 Å². The minimum absolute atomic E-state index is 0.0319. The fourth-order valence-electron chi connectivity index (χ4n) is 2.24. The Morgan fingerprint density at radius 1 is 0.643 bits per heavy atom. The van der Waals surface area contributed by atoms with Crippen LogP contribution < -0.4 is 10.6 Å². The lowest BCUT2D eigenvalue weighted by Gasteiger charge is -2.18. The van der Waals surface area contributed by atoms with Gasteiger partial charge >= 0.3 is 11.9 Å². The summed E-state index contributed by atoms with van der Waals surface area (Å²) in [6.07, 6.45) is 1.58. The number of hydrogen-bond donors (Lipinski definition) is 2. The van der Waals surface area contributed by atoms with Crippen molar-refractivity contribution in [1.82, 2.24) is 10.6 Å². The number of ether oxygens (including phenoxy) is 2. The van der Waals surface area contributed by atoms with Gasteiger partial charge in [0, 0.05) is 0 Å². The van der Waals surface area contributed by atoms with Gasteiger partial charge in [0.1, 0.15) is 12.1 Å². The molecule has 0 aromatic heterocycles. The maximum atomic E-state index is 11.4. The van der Waals surface area contributed by atoms with Gasteiger partial charge < -0.3 is 20.1 Å². The average molecular weight is 405 g/mol. The van der Waals surface area contributed by atoms with Gasteiger partial charge in [-0.1, -0.05) is 41.5 Å². The molecule has 1 unspecified atom stereocenters. The first kappa shape index (κ1) is 31.6. The predicted molar refractivity (Wildman–Crippen MR) is 118 cm³/mol. The van der Waals surface area contributed by atoms with Crippen molar-refractivity contribution in [3.8, 4) is 0 Å². The number of carbonyl (C=O) groups excluding carboxylic acids is 2. The van der Waals surface area contributed by atoms with E-state index in [0.717, 1.165) is 12.8 Å². The summed E-state index contributed by atoms with van der Waals surface area (Å²) in [4.78, 5) is 22.9. The molecule has 0 rings (SSSR count). The second-order valence-electron chi connectivity index (χ2n) is 7.91. The van der Waals surface area contributed by atoms with Crippen molar-refractivity contribution in [3.63, 3.8) is 0 Å². The van der Waals surface area contributed by atoms with Gasteiger partial charge in [-0.25, -0.2) is 0 Å². The number of likely N-dealkylation sites (N-methyl/N-ethyl adjacent to an activating group) is 2. The molecule has 0 aliphatic heterocycles. The van der Waals surface area contributed by atoms with Crippen molar-refractivity contribution < 1.29 is 19.1 Å². The molecule has 0 aromatic carbocycles. The van der Waals surface area contributed by atoms with Gasteiger partial charge in [0.2, 0.25) is 0 Å². The third-order valence-electron chi connectivity index (χ3n) is 3.38. The molecule has 0 saturated carbocycles. The highest BCUT2D eigenvalue weighted by Gasteiger charge is 2.20. The molecule has 170 valence electrons. The fraction of sp³-hybridized carbons (Fsp3) is 0.909. The minimum atomic E-state index is -0.164. The standard InChI is InChI=1S/2C10H21NO2.C2H6/c2*1-7(2)6-9(11-5)10(12)13-8(3)4;1-2/h2*7-9,11H,6H2,1-5H3;1-2H3/t9-;;/m1../s1. The fourth-order valence-corrected chi connectivity index (χ4v) is 2.24. The zero-order chi connectivity index (χ0) is 22.9. The molecule has 0 amide bonds. The maximum Gasteiger partial charge on any atom is 0.323 e. The van der Waals surface area contributed by atoms with E-state index >= 15 is 0 Å². The van der Waals surface area contributed by atoms with Crippen molar-refractivity contribution in [2.75, 3.05) is 14.1 Å². The Morgan fingerprint density at radius 3 is 1.04 bits per heavy atom. The third-order valence-corrected chi connectivity index (χ3v) is 3.38. The lowest BCUT2D eigenvalue weighted by Crippen LogP contribution is -2.37. The number of rotatable bonds is 10. The van der Waals surface area contributed by atoms with Gasteiger partial charge in [0.15, 0.2) is 0 Å². The Bertz CT molecular complexity index is 347. The largest absolute Gasteiger partial charge is 0.462 e. The van der Waals surface area contributed by atoms with E-state index in [1.54, 1.807) is 14.1 Å². The summed E-state index contributed by atoms with van der Waals surface area (Å²) in [5.74, 6) is 0.701. The van der Waals surface area contributed by atoms with Crippen LogP contribution in [0.2, 0.25) is 0 Å². The van der Waals surface area contributed by atoms with Gasteiger partial charge in [-0.05, 0) is 66.5 Å². The molecule has 0 spiro atoms. The number of hydrogen-bond acceptors (Lipinski definition) is 6. The van der Waals surface area contributed by atoms with Gasteiger partial charge in [0.05, 0.1) is 12.2 Å². The molecule has 0 aliphatic rings. The maximum absolute atomic E-state index is 11.4. The van der Waals surface area contributed by atoms with E-state index in [-0.39, 0.29) is 36.2 Å². The average Bonchev–Trinajstić information content (AvgIpc) is 2.58. The molecule has 2 N–H and O–H groups in total. The smallest absolute Gasteiger partial charge is 0.323 e. The molecule has 6 nitrogen and oxygen atoms in total. The van der Waals surface area contributed by atoms with Crippen molar-refractivity contribution >= 4 is 11.9 Å². The van der Waals surface area contributed by atoms with Crippen molar-refractivity contribution in [2.24, 2.45) is 11.8 Å². The van der Waals surface area contributed by atoms with Gasteiger partial charge in [0.25, 0.3) is 0 Å². The molecule has 0 bridgehead atoms. The van der Waals surface area contributed by atoms with Gasteiger partial charge in [-0.2, -0.15) is 0 Å². The summed E-state index contributed by atoms with van der Waals surface area (Å²) in [7, 11) is 3.57. The van der Waals surface area contributed by atoms with E-state index in [1.807, 2.05) is 41.5 Å². The lowest BCUT2D eigenvalue weighted by molar-refractivity contribution is -0.151. The molecule has 6 heteroatoms. The van der Waals surface area contributed by atoms with Crippen LogP contribution in [0.4, 0.5) is 0 Å². The van der Waals surface area contributed by atoms with Crippen LogP contribution in [0.5, 0.6) is 0 Å². The zero-order valence-electron chi connectivity index (χ0n) is 20.5. The lowest BCUT2D eigenvalue weighted by atomic mass is 10.0. The normalized spacial score (nSPS) is 12.7. The van der Waals surface area contributed by atoms with Crippen LogP contribution in [0.15, 0.2) is 0 Å². The Balaban J connectivity index is -0.000000410. The number of esters is 2. The Hall–Kier alpha value is -1.14. The van der Waals surface area contributed by atoms with Crippen LogP contribution in [0.25, 0.3) is 0 Å². The number of nitrogens with one attached hydrogen (secondary N) is 2. The van der Waals surface area contributed by atoms with Crippen LogP contribution in [0, 0.1) is 11.8 Å². The topological polar surface area (TPSA) is 76.7 Å². The van der Waals surface area contributed by atoms with E-state index in [1.165, 1.54) is 0 Å². The predicted octanol–water partition coefficient (Wildman–Crippen LogP) is 4.17. The van der Waals surface area contributed by atoms with E-state index < -0.39 is 0 Å². The second kappa shape index (κ2) is 19.2. The summed E-state index contributed by atoms with van der Waals surface area (Å²) in [6.45, 7) is 19.8. The Kier molecular flexibility index (Phi) is 21.6. The molecule has 0 heterocycles. The summed E-state index contributed by atoms with van der Waals surface area (Å²) >= 11 is 0. The first-order chi connectivity index (χ1) is 12.9. The summed E-state index contributed by atoms with van der Waals surface area (Å²) in [5.41, 5.74) is 0. The highest BCUT2D eigenvalue weighted by molar-refractivity contribution is 5.76. The van der Waals surface area contributed by atoms with E-state index in [9.17, 15) is 9.59 Å². The van der Waals surface area contributed by atoms with Crippen molar-refractivity contribution in [2.45, 2.75) is 106 Å². The summed E-state index contributed by atoms with van der Waals surface area (Å²) < 4.78 is 10.2. The number of carbonyl (C=O) groups is 2. The molecular weight excluding hydrogens is 356 g/mol. The van der Waals surface area contributed by atoms with Crippen LogP contribution in [-0.4, -0.2) is 50.3 Å². The van der Waals surface area contributed by atoms with Gasteiger partial charge in [-0.3, -0.25) is 9.59 Å². The van der Waals surface area contributed by atoms with E-state index in [2.05, 4.69) is 38.3 Å². The zero-order valence-corrected chi connectivity index (χ0v) is 20.5. The first-order valence-electron chi connectivity index (χ1n) is 10.7. The molecule has 28 heavy (non-hydrogen) atoms. The van der Waals surface area contributed by atoms with Gasteiger partial charge in [-0.15, -0.1) is 0 Å². The molecule has 0 aliphatic carbocycles. The highest BCUT2D eigenvalue weighted by atomic mass is 16.5. The molecule has 0 fully saturated rings. The first-order valence-corrected chi connectivity index (χ1v) is 10.7. The second-order valence-corrected chi connectivity index (χ2v) is 7.91. The molecule has 0 radical (unpaired) electrons. The van der Waals surface area contributed by atoms with Crippen LogP contribution in [0.1, 0.15) is 82.1 Å². The monoisotopic (exact) mass is 404 g/mol. The van der Waals surface area contributed by atoms with Crippen LogP contribution in [-0.2, 0) is 19.1 Å². The summed E-state index contributed by atoms with van der Waals surface area (Å²) in [6, 6.07) is -0.329.